The van der Waals surface area contributed by atoms with E-state index in [1.165, 1.54) is 24.2 Å². The third kappa shape index (κ3) is 3.19. The van der Waals surface area contributed by atoms with Gasteiger partial charge in [-0.1, -0.05) is 0 Å². The first-order chi connectivity index (χ1) is 10.2. The van der Waals surface area contributed by atoms with Crippen molar-refractivity contribution < 1.29 is 4.74 Å². The van der Waals surface area contributed by atoms with E-state index in [0.29, 0.717) is 5.92 Å². The molecule has 2 aromatic rings. The summed E-state index contributed by atoms with van der Waals surface area (Å²) in [6.45, 7) is 3.69. The highest BCUT2D eigenvalue weighted by atomic mass is 16.5. The molecule has 0 saturated heterocycles. The monoisotopic (exact) mass is 288 g/mol. The van der Waals surface area contributed by atoms with Crippen molar-refractivity contribution in [2.45, 2.75) is 25.3 Å². The van der Waals surface area contributed by atoms with Gasteiger partial charge < -0.3 is 19.9 Å². The summed E-state index contributed by atoms with van der Waals surface area (Å²) in [5.41, 5.74) is 8.89. The Balaban J connectivity index is 1.80. The van der Waals surface area contributed by atoms with E-state index in [1.807, 2.05) is 12.1 Å². The Hall–Kier alpha value is -1.59. The Morgan fingerprint density at radius 2 is 2.19 bits per heavy atom. The third-order valence-corrected chi connectivity index (χ3v) is 4.13. The molecule has 1 fully saturated rings. The number of benzene rings is 1. The number of likely N-dealkylation sites (N-methyl/N-ethyl adjacent to an activating group) is 1. The normalized spacial score (nSPS) is 15.2. The maximum Gasteiger partial charge on any atom is 0.113 e. The van der Waals surface area contributed by atoms with Crippen LogP contribution < -0.4 is 5.73 Å². The molecule has 1 saturated carbocycles. The second-order valence-corrected chi connectivity index (χ2v) is 5.94. The van der Waals surface area contributed by atoms with Crippen LogP contribution in [0.4, 0.5) is 5.69 Å². The fraction of sp³-hybridized carbons (Fsp3) is 0.562. The average Bonchev–Trinajstić information content (AvgIpc) is 3.25. The van der Waals surface area contributed by atoms with E-state index in [0.717, 1.165) is 37.4 Å². The Morgan fingerprint density at radius 1 is 1.38 bits per heavy atom. The molecule has 0 radical (unpaired) electrons. The van der Waals surface area contributed by atoms with Gasteiger partial charge in [0.1, 0.15) is 5.82 Å². The van der Waals surface area contributed by atoms with Crippen LogP contribution in [0.5, 0.6) is 0 Å². The smallest absolute Gasteiger partial charge is 0.113 e. The third-order valence-electron chi connectivity index (χ3n) is 4.13. The quantitative estimate of drug-likeness (QED) is 0.793. The number of hydrogen-bond donors (Lipinski definition) is 1. The second kappa shape index (κ2) is 6.03. The van der Waals surface area contributed by atoms with Gasteiger partial charge in [-0.2, -0.15) is 0 Å². The van der Waals surface area contributed by atoms with Gasteiger partial charge in [0.25, 0.3) is 0 Å². The number of fused-ring (bicyclic) bond motifs is 1. The number of ether oxygens (including phenoxy) is 1. The second-order valence-electron chi connectivity index (χ2n) is 5.94. The maximum absolute atomic E-state index is 5.88. The zero-order valence-electron chi connectivity index (χ0n) is 12.9. The van der Waals surface area contributed by atoms with Gasteiger partial charge in [-0.25, -0.2) is 4.98 Å². The fourth-order valence-corrected chi connectivity index (χ4v) is 2.68. The first-order valence-electron chi connectivity index (χ1n) is 7.62. The van der Waals surface area contributed by atoms with Crippen molar-refractivity contribution in [3.05, 3.63) is 24.0 Å². The van der Waals surface area contributed by atoms with Crippen LogP contribution >= 0.6 is 0 Å². The van der Waals surface area contributed by atoms with Gasteiger partial charge >= 0.3 is 0 Å². The predicted molar refractivity (Wildman–Crippen MR) is 85.5 cm³/mol. The van der Waals surface area contributed by atoms with Crippen LogP contribution in [-0.4, -0.2) is 48.3 Å². The highest BCUT2D eigenvalue weighted by Gasteiger charge is 2.29. The summed E-state index contributed by atoms with van der Waals surface area (Å²) in [6.07, 6.45) is 2.52. The van der Waals surface area contributed by atoms with E-state index < -0.39 is 0 Å². The maximum atomic E-state index is 5.88. The van der Waals surface area contributed by atoms with Gasteiger partial charge in [-0.15, -0.1) is 0 Å². The van der Waals surface area contributed by atoms with Gasteiger partial charge in [-0.05, 0) is 38.1 Å². The molecule has 2 N–H and O–H groups in total. The van der Waals surface area contributed by atoms with Crippen molar-refractivity contribution in [1.29, 1.82) is 0 Å². The SMILES string of the molecule is COCCN(C)CCn1c(C2CC2)nc2cc(N)ccc21. The van der Waals surface area contributed by atoms with E-state index in [-0.39, 0.29) is 0 Å². The van der Waals surface area contributed by atoms with Crippen LogP contribution in [0, 0.1) is 0 Å². The molecular weight excluding hydrogens is 264 g/mol. The topological polar surface area (TPSA) is 56.3 Å². The molecule has 0 unspecified atom stereocenters. The van der Waals surface area contributed by atoms with E-state index in [1.54, 1.807) is 7.11 Å². The standard InChI is InChI=1S/C16H24N4O/c1-19(9-10-21-2)7-8-20-15-6-5-13(17)11-14(15)18-16(20)12-3-4-12/h5-6,11-12H,3-4,7-10,17H2,1-2H3. The van der Waals surface area contributed by atoms with E-state index in [4.69, 9.17) is 15.5 Å². The Kier molecular flexibility index (Phi) is 4.12. The molecule has 1 aromatic heterocycles. The summed E-state index contributed by atoms with van der Waals surface area (Å²) >= 11 is 0. The number of nitrogens with zero attached hydrogens (tertiary/aromatic N) is 3. The summed E-state index contributed by atoms with van der Waals surface area (Å²) in [5, 5.41) is 0. The summed E-state index contributed by atoms with van der Waals surface area (Å²) in [6, 6.07) is 6.04. The molecule has 1 aliphatic carbocycles. The summed E-state index contributed by atoms with van der Waals surface area (Å²) in [5.74, 6) is 1.87. The van der Waals surface area contributed by atoms with Crippen LogP contribution in [0.3, 0.4) is 0 Å². The van der Waals surface area contributed by atoms with Crippen LogP contribution in [0.25, 0.3) is 11.0 Å². The van der Waals surface area contributed by atoms with Crippen LogP contribution in [0.15, 0.2) is 18.2 Å². The zero-order chi connectivity index (χ0) is 14.8. The molecule has 5 nitrogen and oxygen atoms in total. The Labute approximate surface area is 125 Å². The number of anilines is 1. The van der Waals surface area contributed by atoms with Crippen molar-refractivity contribution in [3.8, 4) is 0 Å². The minimum absolute atomic E-state index is 0.642. The number of methoxy groups -OCH3 is 1. The van der Waals surface area contributed by atoms with Gasteiger partial charge in [0, 0.05) is 38.3 Å². The van der Waals surface area contributed by atoms with E-state index in [9.17, 15) is 0 Å². The zero-order valence-corrected chi connectivity index (χ0v) is 12.9. The Morgan fingerprint density at radius 3 is 2.90 bits per heavy atom. The molecule has 0 spiro atoms. The highest BCUT2D eigenvalue weighted by molar-refractivity contribution is 5.79. The molecule has 0 atom stereocenters. The van der Waals surface area contributed by atoms with Crippen LogP contribution in [0.2, 0.25) is 0 Å². The van der Waals surface area contributed by atoms with E-state index >= 15 is 0 Å². The summed E-state index contributed by atoms with van der Waals surface area (Å²) in [7, 11) is 3.87. The van der Waals surface area contributed by atoms with E-state index in [2.05, 4.69) is 22.6 Å². The first kappa shape index (κ1) is 14.4. The van der Waals surface area contributed by atoms with Crippen LogP contribution in [0.1, 0.15) is 24.6 Å². The fourth-order valence-electron chi connectivity index (χ4n) is 2.68. The van der Waals surface area contributed by atoms with Crippen LogP contribution in [-0.2, 0) is 11.3 Å². The molecule has 3 rings (SSSR count). The lowest BCUT2D eigenvalue weighted by Crippen LogP contribution is -2.27. The summed E-state index contributed by atoms with van der Waals surface area (Å²) < 4.78 is 7.50. The lowest BCUT2D eigenvalue weighted by atomic mass is 10.3. The molecule has 0 aliphatic heterocycles. The molecule has 1 aliphatic rings. The Bertz CT molecular complexity index is 618. The highest BCUT2D eigenvalue weighted by Crippen LogP contribution is 2.40. The minimum atomic E-state index is 0.642. The number of hydrogen-bond acceptors (Lipinski definition) is 4. The number of nitrogens with two attached hydrogens (primary N) is 1. The van der Waals surface area contributed by atoms with Crippen molar-refractivity contribution in [2.24, 2.45) is 0 Å². The predicted octanol–water partition coefficient (Wildman–Crippen LogP) is 2.07. The lowest BCUT2D eigenvalue weighted by molar-refractivity contribution is 0.159. The van der Waals surface area contributed by atoms with Gasteiger partial charge in [-0.3, -0.25) is 0 Å². The molecule has 0 bridgehead atoms. The molecule has 21 heavy (non-hydrogen) atoms. The molecule has 0 amide bonds. The number of aromatic nitrogens is 2. The van der Waals surface area contributed by atoms with Crippen molar-refractivity contribution in [1.82, 2.24) is 14.5 Å². The minimum Gasteiger partial charge on any atom is -0.399 e. The summed E-state index contributed by atoms with van der Waals surface area (Å²) in [4.78, 5) is 7.11. The molecular formula is C16H24N4O. The molecule has 1 aromatic carbocycles. The largest absolute Gasteiger partial charge is 0.399 e. The van der Waals surface area contributed by atoms with Crippen molar-refractivity contribution in [2.75, 3.05) is 39.6 Å². The first-order valence-corrected chi connectivity index (χ1v) is 7.62. The lowest BCUT2D eigenvalue weighted by Gasteiger charge is -2.17. The number of imidazole rings is 1. The molecule has 5 heteroatoms. The van der Waals surface area contributed by atoms with Crippen molar-refractivity contribution >= 4 is 16.7 Å². The van der Waals surface area contributed by atoms with Gasteiger partial charge in [0.2, 0.25) is 0 Å². The van der Waals surface area contributed by atoms with Gasteiger partial charge in [0.05, 0.1) is 17.6 Å². The van der Waals surface area contributed by atoms with Gasteiger partial charge in [0.15, 0.2) is 0 Å². The number of rotatable bonds is 7. The van der Waals surface area contributed by atoms with Crippen molar-refractivity contribution in [3.63, 3.8) is 0 Å². The molecule has 1 heterocycles. The molecule has 114 valence electrons. The average molecular weight is 288 g/mol. The number of nitrogen functional groups attached to an aromatic ring is 1.